The van der Waals surface area contributed by atoms with Crippen molar-refractivity contribution in [1.29, 1.82) is 0 Å². The van der Waals surface area contributed by atoms with E-state index in [9.17, 15) is 4.39 Å². The Morgan fingerprint density at radius 1 is 1.67 bits per heavy atom. The van der Waals surface area contributed by atoms with Gasteiger partial charge in [0.1, 0.15) is 11.9 Å². The van der Waals surface area contributed by atoms with Gasteiger partial charge in [-0.3, -0.25) is 0 Å². The predicted molar refractivity (Wildman–Crippen MR) is 57.8 cm³/mol. The summed E-state index contributed by atoms with van der Waals surface area (Å²) < 4.78 is 19.5. The molecule has 4 heteroatoms. The summed E-state index contributed by atoms with van der Waals surface area (Å²) in [6.45, 7) is 1.46. The van der Waals surface area contributed by atoms with E-state index in [0.717, 1.165) is 29.8 Å². The second-order valence-electron chi connectivity index (χ2n) is 4.46. The number of likely N-dealkylation sites (N-methyl/N-ethyl adjacent to an activating group) is 1. The summed E-state index contributed by atoms with van der Waals surface area (Å²) in [5, 5.41) is 4.72. The molecular weight excluding hydrogens is 213 g/mol. The Morgan fingerprint density at radius 2 is 2.47 bits per heavy atom. The highest BCUT2D eigenvalue weighted by Crippen LogP contribution is 2.56. The van der Waals surface area contributed by atoms with E-state index in [2.05, 4.69) is 5.32 Å². The average molecular weight is 227 g/mol. The largest absolute Gasteiger partial charge is 0.370 e. The van der Waals surface area contributed by atoms with Gasteiger partial charge in [0.15, 0.2) is 0 Å². The van der Waals surface area contributed by atoms with Crippen LogP contribution in [-0.4, -0.2) is 20.2 Å². The van der Waals surface area contributed by atoms with E-state index in [-0.39, 0.29) is 17.3 Å². The lowest BCUT2D eigenvalue weighted by molar-refractivity contribution is 0.0250. The van der Waals surface area contributed by atoms with Gasteiger partial charge in [-0.25, -0.2) is 4.39 Å². The molecule has 0 unspecified atom stereocenters. The van der Waals surface area contributed by atoms with E-state index in [1.54, 1.807) is 5.38 Å². The molecule has 0 aromatic carbocycles. The van der Waals surface area contributed by atoms with Gasteiger partial charge in [-0.05, 0) is 19.9 Å². The molecule has 3 rings (SSSR count). The van der Waals surface area contributed by atoms with Crippen molar-refractivity contribution in [2.75, 3.05) is 20.2 Å². The number of hydrogen-bond acceptors (Lipinski definition) is 3. The van der Waals surface area contributed by atoms with Crippen LogP contribution in [0.15, 0.2) is 5.38 Å². The van der Waals surface area contributed by atoms with Crippen molar-refractivity contribution < 1.29 is 9.13 Å². The Kier molecular flexibility index (Phi) is 2.13. The summed E-state index contributed by atoms with van der Waals surface area (Å²) in [5.74, 6) is -0.0168. The molecule has 1 saturated carbocycles. The van der Waals surface area contributed by atoms with E-state index in [1.807, 2.05) is 7.05 Å². The van der Waals surface area contributed by atoms with Crippen LogP contribution in [0.2, 0.25) is 0 Å². The van der Waals surface area contributed by atoms with E-state index in [4.69, 9.17) is 4.74 Å². The van der Waals surface area contributed by atoms with Crippen LogP contribution in [0.25, 0.3) is 0 Å². The fraction of sp³-hybridized carbons (Fsp3) is 0.636. The van der Waals surface area contributed by atoms with Crippen LogP contribution in [0.4, 0.5) is 4.39 Å². The van der Waals surface area contributed by atoms with E-state index >= 15 is 0 Å². The second kappa shape index (κ2) is 3.27. The van der Waals surface area contributed by atoms with E-state index in [1.165, 1.54) is 11.3 Å². The lowest BCUT2D eigenvalue weighted by Gasteiger charge is -2.29. The molecule has 1 aliphatic heterocycles. The Bertz CT molecular complexity index is 386. The van der Waals surface area contributed by atoms with Gasteiger partial charge in [0.05, 0.1) is 6.61 Å². The van der Waals surface area contributed by atoms with Crippen molar-refractivity contribution in [1.82, 2.24) is 5.32 Å². The van der Waals surface area contributed by atoms with Crippen LogP contribution in [0.5, 0.6) is 0 Å². The maximum absolute atomic E-state index is 13.7. The van der Waals surface area contributed by atoms with Crippen LogP contribution in [0.3, 0.4) is 0 Å². The molecule has 1 aromatic rings. The SMILES string of the molecule is CNC[C@@H]1OCC2(CC2)c2c(F)csc21. The van der Waals surface area contributed by atoms with Crippen LogP contribution in [0, 0.1) is 5.82 Å². The maximum Gasteiger partial charge on any atom is 0.138 e. The zero-order valence-electron chi connectivity index (χ0n) is 8.68. The highest BCUT2D eigenvalue weighted by atomic mass is 32.1. The van der Waals surface area contributed by atoms with Gasteiger partial charge in [0.2, 0.25) is 0 Å². The number of ether oxygens (including phenoxy) is 1. The van der Waals surface area contributed by atoms with Gasteiger partial charge >= 0.3 is 0 Å². The molecule has 1 fully saturated rings. The van der Waals surface area contributed by atoms with Crippen LogP contribution in [-0.2, 0) is 10.2 Å². The van der Waals surface area contributed by atoms with Crippen molar-refractivity contribution in [3.05, 3.63) is 21.6 Å². The van der Waals surface area contributed by atoms with Crippen molar-refractivity contribution >= 4 is 11.3 Å². The van der Waals surface area contributed by atoms with Crippen molar-refractivity contribution in [3.63, 3.8) is 0 Å². The normalized spacial score (nSPS) is 26.7. The molecule has 1 aromatic heterocycles. The summed E-state index contributed by atoms with van der Waals surface area (Å²) in [5.41, 5.74) is 1.00. The molecule has 0 bridgehead atoms. The first kappa shape index (κ1) is 9.75. The standard InChI is InChI=1S/C11H14FNOS/c1-13-4-8-10-9(7(12)5-15-10)11(2-3-11)6-14-8/h5,8,13H,2-4,6H2,1H3/t8-/m0/s1. The fourth-order valence-electron chi connectivity index (χ4n) is 2.39. The molecule has 82 valence electrons. The third-order valence-corrected chi connectivity index (χ3v) is 4.45. The predicted octanol–water partition coefficient (Wildman–Crippen LogP) is 2.21. The molecule has 0 saturated heterocycles. The lowest BCUT2D eigenvalue weighted by Crippen LogP contribution is -2.30. The summed E-state index contributed by atoms with van der Waals surface area (Å²) in [6, 6.07) is 0. The second-order valence-corrected chi connectivity index (χ2v) is 5.37. The quantitative estimate of drug-likeness (QED) is 0.836. The van der Waals surface area contributed by atoms with Gasteiger partial charge in [-0.2, -0.15) is 0 Å². The molecule has 1 aliphatic carbocycles. The Morgan fingerprint density at radius 3 is 3.13 bits per heavy atom. The average Bonchev–Trinajstić information content (AvgIpc) is 2.88. The van der Waals surface area contributed by atoms with Gasteiger partial charge in [0, 0.05) is 27.8 Å². The molecule has 2 aliphatic rings. The summed E-state index contributed by atoms with van der Waals surface area (Å²) >= 11 is 1.50. The van der Waals surface area contributed by atoms with Crippen LogP contribution < -0.4 is 5.32 Å². The topological polar surface area (TPSA) is 21.3 Å². The Balaban J connectivity index is 2.02. The Labute approximate surface area is 92.4 Å². The highest BCUT2D eigenvalue weighted by molar-refractivity contribution is 7.10. The fourth-order valence-corrected chi connectivity index (χ4v) is 3.48. The summed E-state index contributed by atoms with van der Waals surface area (Å²) in [7, 11) is 1.90. The number of thiophene rings is 1. The van der Waals surface area contributed by atoms with Crippen LogP contribution in [0.1, 0.15) is 29.4 Å². The number of halogens is 1. The zero-order valence-corrected chi connectivity index (χ0v) is 9.49. The highest BCUT2D eigenvalue weighted by Gasteiger charge is 2.52. The van der Waals surface area contributed by atoms with Crippen molar-refractivity contribution in [2.24, 2.45) is 0 Å². The monoisotopic (exact) mass is 227 g/mol. The molecule has 0 radical (unpaired) electrons. The van der Waals surface area contributed by atoms with E-state index in [0.29, 0.717) is 6.61 Å². The summed E-state index contributed by atoms with van der Waals surface area (Å²) in [6.07, 6.45) is 2.21. The Hall–Kier alpha value is -0.450. The van der Waals surface area contributed by atoms with Crippen molar-refractivity contribution in [3.8, 4) is 0 Å². The molecule has 2 heterocycles. The number of rotatable bonds is 2. The van der Waals surface area contributed by atoms with Gasteiger partial charge < -0.3 is 10.1 Å². The number of fused-ring (bicyclic) bond motifs is 2. The number of hydrogen-bond donors (Lipinski definition) is 1. The molecule has 2 nitrogen and oxygen atoms in total. The zero-order chi connectivity index (χ0) is 10.5. The first-order valence-corrected chi connectivity index (χ1v) is 6.18. The molecule has 1 spiro atoms. The maximum atomic E-state index is 13.7. The van der Waals surface area contributed by atoms with Crippen LogP contribution >= 0.6 is 11.3 Å². The first-order chi connectivity index (χ1) is 7.27. The number of nitrogens with one attached hydrogen (secondary N) is 1. The molecule has 15 heavy (non-hydrogen) atoms. The molecule has 1 N–H and O–H groups in total. The minimum Gasteiger partial charge on any atom is -0.370 e. The third kappa shape index (κ3) is 1.35. The minimum absolute atomic E-state index is 0.0168. The lowest BCUT2D eigenvalue weighted by atomic mass is 9.93. The van der Waals surface area contributed by atoms with Gasteiger partial charge in [0.25, 0.3) is 0 Å². The molecule has 0 amide bonds. The minimum atomic E-state index is -0.0168. The van der Waals surface area contributed by atoms with E-state index < -0.39 is 0 Å². The third-order valence-electron chi connectivity index (χ3n) is 3.40. The molecule has 1 atom stereocenters. The smallest absolute Gasteiger partial charge is 0.138 e. The van der Waals surface area contributed by atoms with Gasteiger partial charge in [-0.15, -0.1) is 11.3 Å². The molecular formula is C11H14FNOS. The summed E-state index contributed by atoms with van der Waals surface area (Å²) in [4.78, 5) is 1.10. The first-order valence-electron chi connectivity index (χ1n) is 5.30. The van der Waals surface area contributed by atoms with Crippen molar-refractivity contribution in [2.45, 2.75) is 24.4 Å². The van der Waals surface area contributed by atoms with Gasteiger partial charge in [-0.1, -0.05) is 0 Å².